The summed E-state index contributed by atoms with van der Waals surface area (Å²) in [4.78, 5) is 30.7. The van der Waals surface area contributed by atoms with Crippen LogP contribution in [-0.4, -0.2) is 33.1 Å². The highest BCUT2D eigenvalue weighted by atomic mass is 32.2. The third-order valence-electron chi connectivity index (χ3n) is 4.51. The highest BCUT2D eigenvalue weighted by Crippen LogP contribution is 2.35. The Labute approximate surface area is 167 Å². The molecule has 1 aliphatic rings. The van der Waals surface area contributed by atoms with Gasteiger partial charge in [-0.1, -0.05) is 55.9 Å². The number of fused-ring (bicyclic) bond motifs is 1. The average Bonchev–Trinajstić information content (AvgIpc) is 3.06. The lowest BCUT2D eigenvalue weighted by Gasteiger charge is -2.17. The van der Waals surface area contributed by atoms with Crippen molar-refractivity contribution in [2.24, 2.45) is 0 Å². The molecule has 0 aliphatic carbocycles. The zero-order chi connectivity index (χ0) is 19.4. The van der Waals surface area contributed by atoms with Gasteiger partial charge in [-0.15, -0.1) is 11.8 Å². The van der Waals surface area contributed by atoms with Gasteiger partial charge < -0.3 is 4.74 Å². The summed E-state index contributed by atoms with van der Waals surface area (Å²) in [6.07, 6.45) is 2.15. The first kappa shape index (κ1) is 20.0. The van der Waals surface area contributed by atoms with E-state index in [0.29, 0.717) is 23.4 Å². The molecule has 1 aliphatic heterocycles. The second kappa shape index (κ2) is 8.97. The first-order valence-corrected chi connectivity index (χ1v) is 10.9. The molecule has 3 rings (SSSR count). The predicted molar refractivity (Wildman–Crippen MR) is 110 cm³/mol. The number of hydrogen-bond donors (Lipinski definition) is 0. The second-order valence-electron chi connectivity index (χ2n) is 6.53. The molecule has 2 aromatic rings. The van der Waals surface area contributed by atoms with Crippen molar-refractivity contribution < 1.29 is 9.53 Å². The smallest absolute Gasteiger partial charge is 0.319 e. The van der Waals surface area contributed by atoms with Crippen molar-refractivity contribution >= 4 is 29.5 Å². The maximum absolute atomic E-state index is 13.1. The van der Waals surface area contributed by atoms with E-state index < -0.39 is 0 Å². The zero-order valence-electron chi connectivity index (χ0n) is 15.8. The quantitative estimate of drug-likeness (QED) is 0.399. The van der Waals surface area contributed by atoms with Crippen LogP contribution in [0.15, 0.2) is 45.2 Å². The molecule has 144 valence electrons. The van der Waals surface area contributed by atoms with Crippen molar-refractivity contribution in [3.8, 4) is 0 Å². The lowest BCUT2D eigenvalue weighted by Crippen LogP contribution is -2.28. The van der Waals surface area contributed by atoms with Gasteiger partial charge in [-0.3, -0.25) is 14.2 Å². The number of nitrogens with zero attached hydrogens (tertiary/aromatic N) is 2. The number of benzene rings is 1. The Morgan fingerprint density at radius 2 is 2.15 bits per heavy atom. The van der Waals surface area contributed by atoms with Crippen LogP contribution in [0.3, 0.4) is 0 Å². The number of aryl methyl sites for hydroxylation is 1. The Balaban J connectivity index is 1.94. The molecular formula is C20H24N2O3S2. The molecule has 0 unspecified atom stereocenters. The van der Waals surface area contributed by atoms with Crippen LogP contribution in [0.2, 0.25) is 0 Å². The van der Waals surface area contributed by atoms with Crippen LogP contribution in [0, 0.1) is 0 Å². The van der Waals surface area contributed by atoms with Crippen molar-refractivity contribution in [2.45, 2.75) is 60.2 Å². The van der Waals surface area contributed by atoms with Gasteiger partial charge in [0.1, 0.15) is 5.25 Å². The molecule has 0 saturated heterocycles. The number of aromatic nitrogens is 2. The minimum atomic E-state index is -0.366. The van der Waals surface area contributed by atoms with Gasteiger partial charge >= 0.3 is 5.97 Å². The Hall–Kier alpha value is -1.73. The summed E-state index contributed by atoms with van der Waals surface area (Å²) in [6.45, 7) is 4.58. The Bertz CT molecular complexity index is 868. The van der Waals surface area contributed by atoms with E-state index in [4.69, 9.17) is 9.72 Å². The number of carbonyl (C=O) groups is 1. The van der Waals surface area contributed by atoms with E-state index in [9.17, 15) is 9.59 Å². The number of esters is 1. The molecule has 0 fully saturated rings. The van der Waals surface area contributed by atoms with Gasteiger partial charge in [0, 0.05) is 18.2 Å². The molecule has 2 heterocycles. The van der Waals surface area contributed by atoms with Crippen LogP contribution >= 0.6 is 23.5 Å². The van der Waals surface area contributed by atoms with E-state index in [1.165, 1.54) is 24.4 Å². The molecule has 0 N–H and O–H groups in total. The van der Waals surface area contributed by atoms with Gasteiger partial charge in [0.25, 0.3) is 5.56 Å². The minimum absolute atomic E-state index is 0.00694. The number of thioether (sulfide) groups is 2. The van der Waals surface area contributed by atoms with Gasteiger partial charge in [-0.25, -0.2) is 4.98 Å². The number of ether oxygens (including phenoxy) is 1. The van der Waals surface area contributed by atoms with E-state index in [0.717, 1.165) is 23.4 Å². The monoisotopic (exact) mass is 404 g/mol. The number of hydrogen-bond acceptors (Lipinski definition) is 6. The van der Waals surface area contributed by atoms with Crippen molar-refractivity contribution in [2.75, 3.05) is 7.11 Å². The summed E-state index contributed by atoms with van der Waals surface area (Å²) in [5.41, 5.74) is 2.03. The second-order valence-corrected chi connectivity index (χ2v) is 9.15. The van der Waals surface area contributed by atoms with Gasteiger partial charge in [0.15, 0.2) is 5.16 Å². The van der Waals surface area contributed by atoms with Crippen molar-refractivity contribution in [1.29, 1.82) is 0 Å². The summed E-state index contributed by atoms with van der Waals surface area (Å²) in [5, 5.41) is 0.599. The topological polar surface area (TPSA) is 61.2 Å². The van der Waals surface area contributed by atoms with Gasteiger partial charge in [0.2, 0.25) is 0 Å². The summed E-state index contributed by atoms with van der Waals surface area (Å²) in [6, 6.07) is 10.1. The highest BCUT2D eigenvalue weighted by Gasteiger charge is 2.28. The molecule has 7 heteroatoms. The first-order chi connectivity index (χ1) is 13.0. The number of carbonyl (C=O) groups excluding carboxylic acids is 1. The molecule has 27 heavy (non-hydrogen) atoms. The SMILES string of the molecule is CC[C@H](Sc1nc2c(c(=O)n1CCc1ccccc1)S[C@H](C)C2)C(=O)OC. The molecule has 0 radical (unpaired) electrons. The summed E-state index contributed by atoms with van der Waals surface area (Å²) < 4.78 is 6.63. The molecular weight excluding hydrogens is 380 g/mol. The maximum atomic E-state index is 13.1. The van der Waals surface area contributed by atoms with Crippen molar-refractivity contribution in [3.63, 3.8) is 0 Å². The fraction of sp³-hybridized carbons (Fsp3) is 0.450. The van der Waals surface area contributed by atoms with Gasteiger partial charge in [0.05, 0.1) is 17.7 Å². The molecule has 1 aromatic heterocycles. The average molecular weight is 405 g/mol. The zero-order valence-corrected chi connectivity index (χ0v) is 17.4. The van der Waals surface area contributed by atoms with Crippen LogP contribution in [0.5, 0.6) is 0 Å². The summed E-state index contributed by atoms with van der Waals surface area (Å²) >= 11 is 2.93. The van der Waals surface area contributed by atoms with Crippen LogP contribution < -0.4 is 5.56 Å². The minimum Gasteiger partial charge on any atom is -0.468 e. The number of methoxy groups -OCH3 is 1. The van der Waals surface area contributed by atoms with Gasteiger partial charge in [-0.2, -0.15) is 0 Å². The Kier molecular flexibility index (Phi) is 6.65. The summed E-state index contributed by atoms with van der Waals surface area (Å²) in [7, 11) is 1.39. The molecule has 0 bridgehead atoms. The third kappa shape index (κ3) is 4.58. The fourth-order valence-electron chi connectivity index (χ4n) is 3.06. The largest absolute Gasteiger partial charge is 0.468 e. The van der Waals surface area contributed by atoms with Crippen LogP contribution in [-0.2, 0) is 28.9 Å². The Morgan fingerprint density at radius 3 is 2.81 bits per heavy atom. The van der Waals surface area contributed by atoms with E-state index in [1.807, 2.05) is 25.1 Å². The molecule has 1 aromatic carbocycles. The lowest BCUT2D eigenvalue weighted by molar-refractivity contribution is -0.140. The summed E-state index contributed by atoms with van der Waals surface area (Å²) in [5.74, 6) is -0.283. The fourth-order valence-corrected chi connectivity index (χ4v) is 5.26. The van der Waals surface area contributed by atoms with E-state index in [1.54, 1.807) is 16.3 Å². The van der Waals surface area contributed by atoms with Crippen LogP contribution in [0.4, 0.5) is 0 Å². The van der Waals surface area contributed by atoms with Gasteiger partial charge in [-0.05, 0) is 18.4 Å². The van der Waals surface area contributed by atoms with Crippen molar-refractivity contribution in [1.82, 2.24) is 9.55 Å². The first-order valence-electron chi connectivity index (χ1n) is 9.12. The molecule has 0 saturated carbocycles. The molecule has 0 spiro atoms. The maximum Gasteiger partial charge on any atom is 0.319 e. The number of rotatable bonds is 7. The van der Waals surface area contributed by atoms with Crippen molar-refractivity contribution in [3.05, 3.63) is 51.9 Å². The molecule has 0 amide bonds. The van der Waals surface area contributed by atoms with E-state index in [2.05, 4.69) is 19.1 Å². The van der Waals surface area contributed by atoms with Crippen LogP contribution in [0.1, 0.15) is 31.5 Å². The Morgan fingerprint density at radius 1 is 1.41 bits per heavy atom. The molecule has 2 atom stereocenters. The van der Waals surface area contributed by atoms with E-state index in [-0.39, 0.29) is 16.8 Å². The lowest BCUT2D eigenvalue weighted by atomic mass is 10.1. The highest BCUT2D eigenvalue weighted by molar-refractivity contribution is 8.00. The van der Waals surface area contributed by atoms with E-state index >= 15 is 0 Å². The normalized spacial score (nSPS) is 16.8. The standard InChI is InChI=1S/C20H24N2O3S2/c1-4-16(19(24)25-3)27-20-21-15-12-13(2)26-17(15)18(23)22(20)11-10-14-8-6-5-7-9-14/h5-9,13,16H,4,10-12H2,1-3H3/t13-,16+/m1/s1. The van der Waals surface area contributed by atoms with Crippen LogP contribution in [0.25, 0.3) is 0 Å². The third-order valence-corrected chi connectivity index (χ3v) is 7.06. The predicted octanol–water partition coefficient (Wildman–Crippen LogP) is 3.57. The molecule has 5 nitrogen and oxygen atoms in total.